The molecule has 0 N–H and O–H groups in total. The first-order chi connectivity index (χ1) is 14.2. The van der Waals surface area contributed by atoms with Gasteiger partial charge in [0.15, 0.2) is 0 Å². The van der Waals surface area contributed by atoms with Crippen LogP contribution in [0, 0.1) is 0 Å². The standard InChI is InChI=1S/C25H24N2O2/c1-2-19-9-11-20(12-10-19)16-27(17-21-6-5-13-26-15-21)25(28)23-14-22-7-3-4-8-24(22)29-18-23/h3-15H,2,16-18H2,1H3. The van der Waals surface area contributed by atoms with E-state index in [4.69, 9.17) is 4.74 Å². The molecule has 1 aliphatic rings. The van der Waals surface area contributed by atoms with Crippen molar-refractivity contribution in [3.05, 3.63) is 101 Å². The van der Waals surface area contributed by atoms with E-state index in [0.717, 1.165) is 28.9 Å². The second-order valence-corrected chi connectivity index (χ2v) is 7.19. The minimum Gasteiger partial charge on any atom is -0.488 e. The maximum Gasteiger partial charge on any atom is 0.253 e. The predicted molar refractivity (Wildman–Crippen MR) is 114 cm³/mol. The minimum atomic E-state index is -0.0112. The number of benzene rings is 2. The zero-order valence-electron chi connectivity index (χ0n) is 16.5. The Morgan fingerprint density at radius 2 is 1.72 bits per heavy atom. The number of hydrogen-bond acceptors (Lipinski definition) is 3. The highest BCUT2D eigenvalue weighted by Crippen LogP contribution is 2.27. The number of ether oxygens (including phenoxy) is 1. The first kappa shape index (κ1) is 18.9. The van der Waals surface area contributed by atoms with Gasteiger partial charge in [0.2, 0.25) is 0 Å². The number of carbonyl (C=O) groups excluding carboxylic acids is 1. The lowest BCUT2D eigenvalue weighted by Gasteiger charge is -2.26. The largest absolute Gasteiger partial charge is 0.488 e. The topological polar surface area (TPSA) is 42.4 Å². The number of nitrogens with zero attached hydrogens (tertiary/aromatic N) is 2. The van der Waals surface area contributed by atoms with Gasteiger partial charge in [-0.05, 0) is 41.3 Å². The van der Waals surface area contributed by atoms with E-state index in [-0.39, 0.29) is 12.5 Å². The Hall–Kier alpha value is -3.40. The summed E-state index contributed by atoms with van der Waals surface area (Å²) < 4.78 is 5.81. The van der Waals surface area contributed by atoms with Crippen LogP contribution in [0.25, 0.3) is 6.08 Å². The van der Waals surface area contributed by atoms with Crippen molar-refractivity contribution in [2.45, 2.75) is 26.4 Å². The zero-order chi connectivity index (χ0) is 20.1. The molecular weight excluding hydrogens is 360 g/mol. The maximum absolute atomic E-state index is 13.4. The number of aryl methyl sites for hydroxylation is 1. The van der Waals surface area contributed by atoms with E-state index < -0.39 is 0 Å². The molecule has 0 spiro atoms. The van der Waals surface area contributed by atoms with Gasteiger partial charge in [-0.3, -0.25) is 9.78 Å². The molecule has 1 aliphatic heterocycles. The summed E-state index contributed by atoms with van der Waals surface area (Å²) in [7, 11) is 0. The SMILES string of the molecule is CCc1ccc(CN(Cc2cccnc2)C(=O)C2=Cc3ccccc3OC2)cc1. The summed E-state index contributed by atoms with van der Waals surface area (Å²) in [5, 5.41) is 0. The van der Waals surface area contributed by atoms with E-state index in [2.05, 4.69) is 36.2 Å². The normalized spacial score (nSPS) is 12.5. The summed E-state index contributed by atoms with van der Waals surface area (Å²) in [4.78, 5) is 19.5. The predicted octanol–water partition coefficient (Wildman–Crippen LogP) is 4.65. The number of rotatable bonds is 6. The molecule has 3 aromatic rings. The Morgan fingerprint density at radius 3 is 2.48 bits per heavy atom. The summed E-state index contributed by atoms with van der Waals surface area (Å²) in [6.45, 7) is 3.46. The third kappa shape index (κ3) is 4.54. The van der Waals surface area contributed by atoms with Crippen LogP contribution < -0.4 is 4.74 Å². The fourth-order valence-corrected chi connectivity index (χ4v) is 3.45. The number of pyridine rings is 1. The van der Waals surface area contributed by atoms with Crippen molar-refractivity contribution in [2.75, 3.05) is 6.61 Å². The molecule has 4 nitrogen and oxygen atoms in total. The molecule has 0 fully saturated rings. The van der Waals surface area contributed by atoms with E-state index in [1.807, 2.05) is 53.6 Å². The average molecular weight is 384 g/mol. The van der Waals surface area contributed by atoms with E-state index in [1.54, 1.807) is 6.20 Å². The molecule has 1 amide bonds. The lowest BCUT2D eigenvalue weighted by atomic mass is 10.1. The van der Waals surface area contributed by atoms with Crippen LogP contribution in [-0.4, -0.2) is 22.4 Å². The molecule has 2 heterocycles. The van der Waals surface area contributed by atoms with Crippen LogP contribution in [0.4, 0.5) is 0 Å². The average Bonchev–Trinajstić information content (AvgIpc) is 2.79. The molecule has 4 rings (SSSR count). The second kappa shape index (κ2) is 8.74. The van der Waals surface area contributed by atoms with Gasteiger partial charge in [-0.25, -0.2) is 0 Å². The molecule has 2 aromatic carbocycles. The van der Waals surface area contributed by atoms with Crippen molar-refractivity contribution in [3.63, 3.8) is 0 Å². The minimum absolute atomic E-state index is 0.0112. The molecule has 0 unspecified atom stereocenters. The summed E-state index contributed by atoms with van der Waals surface area (Å²) in [5.41, 5.74) is 5.01. The van der Waals surface area contributed by atoms with Crippen molar-refractivity contribution < 1.29 is 9.53 Å². The van der Waals surface area contributed by atoms with Crippen molar-refractivity contribution in [1.82, 2.24) is 9.88 Å². The Kier molecular flexibility index (Phi) is 5.71. The van der Waals surface area contributed by atoms with Gasteiger partial charge in [-0.1, -0.05) is 55.5 Å². The van der Waals surface area contributed by atoms with Gasteiger partial charge in [-0.2, -0.15) is 0 Å². The van der Waals surface area contributed by atoms with E-state index in [1.165, 1.54) is 5.56 Å². The molecule has 0 saturated heterocycles. The zero-order valence-corrected chi connectivity index (χ0v) is 16.5. The van der Waals surface area contributed by atoms with Gasteiger partial charge in [0.1, 0.15) is 12.4 Å². The lowest BCUT2D eigenvalue weighted by Crippen LogP contribution is -2.33. The first-order valence-corrected chi connectivity index (χ1v) is 9.91. The molecule has 0 aliphatic carbocycles. The third-order valence-electron chi connectivity index (χ3n) is 5.09. The molecular formula is C25H24N2O2. The third-order valence-corrected chi connectivity index (χ3v) is 5.09. The summed E-state index contributed by atoms with van der Waals surface area (Å²) >= 11 is 0. The van der Waals surface area contributed by atoms with Crippen LogP contribution in [0.15, 0.2) is 78.6 Å². The number of amides is 1. The molecule has 29 heavy (non-hydrogen) atoms. The van der Waals surface area contributed by atoms with Gasteiger partial charge >= 0.3 is 0 Å². The van der Waals surface area contributed by atoms with Crippen LogP contribution in [0.2, 0.25) is 0 Å². The quantitative estimate of drug-likeness (QED) is 0.621. The highest BCUT2D eigenvalue weighted by Gasteiger charge is 2.23. The van der Waals surface area contributed by atoms with Gasteiger partial charge < -0.3 is 9.64 Å². The Bertz CT molecular complexity index is 1010. The van der Waals surface area contributed by atoms with Gasteiger partial charge in [0.05, 0.1) is 5.57 Å². The van der Waals surface area contributed by atoms with Crippen LogP contribution in [0.1, 0.15) is 29.2 Å². The maximum atomic E-state index is 13.4. The van der Waals surface area contributed by atoms with Gasteiger partial charge in [0.25, 0.3) is 5.91 Å². The van der Waals surface area contributed by atoms with E-state index in [0.29, 0.717) is 18.7 Å². The summed E-state index contributed by atoms with van der Waals surface area (Å²) in [6.07, 6.45) is 6.49. The number of aromatic nitrogens is 1. The number of hydrogen-bond donors (Lipinski definition) is 0. The van der Waals surface area contributed by atoms with E-state index >= 15 is 0 Å². The highest BCUT2D eigenvalue weighted by molar-refractivity contribution is 5.99. The Morgan fingerprint density at radius 1 is 0.966 bits per heavy atom. The summed E-state index contributed by atoms with van der Waals surface area (Å²) in [6, 6.07) is 20.1. The number of carbonyl (C=O) groups is 1. The Labute approximate surface area is 171 Å². The van der Waals surface area contributed by atoms with Crippen LogP contribution in [0.3, 0.4) is 0 Å². The molecule has 0 radical (unpaired) electrons. The second-order valence-electron chi connectivity index (χ2n) is 7.19. The summed E-state index contributed by atoms with van der Waals surface area (Å²) in [5.74, 6) is 0.806. The molecule has 0 atom stereocenters. The van der Waals surface area contributed by atoms with Crippen molar-refractivity contribution in [3.8, 4) is 5.75 Å². The van der Waals surface area contributed by atoms with Crippen molar-refractivity contribution >= 4 is 12.0 Å². The lowest BCUT2D eigenvalue weighted by molar-refractivity contribution is -0.128. The number of para-hydroxylation sites is 1. The Balaban J connectivity index is 1.60. The smallest absolute Gasteiger partial charge is 0.253 e. The molecule has 0 saturated carbocycles. The highest BCUT2D eigenvalue weighted by atomic mass is 16.5. The molecule has 1 aromatic heterocycles. The fourth-order valence-electron chi connectivity index (χ4n) is 3.45. The van der Waals surface area contributed by atoms with E-state index in [9.17, 15) is 4.79 Å². The van der Waals surface area contributed by atoms with Gasteiger partial charge in [0, 0.05) is 31.0 Å². The number of fused-ring (bicyclic) bond motifs is 1. The first-order valence-electron chi connectivity index (χ1n) is 9.91. The molecule has 146 valence electrons. The van der Waals surface area contributed by atoms with Crippen LogP contribution in [-0.2, 0) is 24.3 Å². The van der Waals surface area contributed by atoms with Crippen molar-refractivity contribution in [1.29, 1.82) is 0 Å². The molecule has 0 bridgehead atoms. The fraction of sp³-hybridized carbons (Fsp3) is 0.200. The monoisotopic (exact) mass is 384 g/mol. The van der Waals surface area contributed by atoms with Crippen LogP contribution >= 0.6 is 0 Å². The van der Waals surface area contributed by atoms with Gasteiger partial charge in [-0.15, -0.1) is 0 Å². The van der Waals surface area contributed by atoms with Crippen molar-refractivity contribution in [2.24, 2.45) is 0 Å². The molecule has 4 heteroatoms. The van der Waals surface area contributed by atoms with Crippen LogP contribution in [0.5, 0.6) is 5.75 Å².